The lowest BCUT2D eigenvalue weighted by Crippen LogP contribution is -2.30. The topological polar surface area (TPSA) is 83.6 Å². The maximum atomic E-state index is 13.0. The summed E-state index contributed by atoms with van der Waals surface area (Å²) in [5.41, 5.74) is 1.50. The first-order chi connectivity index (χ1) is 13.6. The van der Waals surface area contributed by atoms with Gasteiger partial charge in [-0.2, -0.15) is 0 Å². The molecule has 3 aromatic rings. The molecule has 2 aromatic heterocycles. The van der Waals surface area contributed by atoms with E-state index in [1.165, 1.54) is 17.2 Å². The van der Waals surface area contributed by atoms with Crippen molar-refractivity contribution >= 4 is 27.6 Å². The van der Waals surface area contributed by atoms with E-state index < -0.39 is 23.5 Å². The Morgan fingerprint density at radius 3 is 2.61 bits per heavy atom. The van der Waals surface area contributed by atoms with Crippen molar-refractivity contribution in [3.63, 3.8) is 0 Å². The van der Waals surface area contributed by atoms with Gasteiger partial charge in [-0.1, -0.05) is 34.1 Å². The Hall–Kier alpha value is -3.19. The fourth-order valence-electron chi connectivity index (χ4n) is 3.27. The van der Waals surface area contributed by atoms with Crippen LogP contribution in [0.3, 0.4) is 0 Å². The van der Waals surface area contributed by atoms with Crippen molar-refractivity contribution in [2.75, 3.05) is 0 Å². The molecule has 1 aromatic carbocycles. The maximum absolute atomic E-state index is 13.0. The molecule has 7 heteroatoms. The van der Waals surface area contributed by atoms with Gasteiger partial charge in [0.1, 0.15) is 0 Å². The molecule has 6 nitrogen and oxygen atoms in total. The number of pyridine rings is 1. The van der Waals surface area contributed by atoms with Crippen LogP contribution in [0.15, 0.2) is 87.4 Å². The number of aliphatic hydroxyl groups excluding tert-OH is 1. The van der Waals surface area contributed by atoms with Crippen molar-refractivity contribution in [1.29, 1.82) is 0 Å². The van der Waals surface area contributed by atoms with E-state index in [-0.39, 0.29) is 17.9 Å². The van der Waals surface area contributed by atoms with E-state index in [2.05, 4.69) is 20.9 Å². The molecule has 0 bridgehead atoms. The second-order valence-electron chi connectivity index (χ2n) is 6.32. The van der Waals surface area contributed by atoms with Crippen LogP contribution in [0.1, 0.15) is 27.7 Å². The molecule has 0 spiro atoms. The van der Waals surface area contributed by atoms with E-state index >= 15 is 0 Å². The Bertz CT molecular complexity index is 1040. The van der Waals surface area contributed by atoms with Crippen molar-refractivity contribution < 1.29 is 19.1 Å². The summed E-state index contributed by atoms with van der Waals surface area (Å²) in [6, 6.07) is 13.2. The van der Waals surface area contributed by atoms with E-state index in [9.17, 15) is 14.7 Å². The van der Waals surface area contributed by atoms with Crippen LogP contribution in [0.2, 0.25) is 0 Å². The number of hydrogen-bond acceptors (Lipinski definition) is 5. The van der Waals surface area contributed by atoms with Crippen LogP contribution < -0.4 is 0 Å². The van der Waals surface area contributed by atoms with Crippen LogP contribution in [-0.2, 0) is 11.3 Å². The number of furan rings is 1. The second-order valence-corrected chi connectivity index (χ2v) is 7.23. The third-order valence-electron chi connectivity index (χ3n) is 4.55. The number of Topliss-reactive ketones (excluding diaryl/α,β-unsaturated/α-hetero) is 1. The van der Waals surface area contributed by atoms with Crippen molar-refractivity contribution in [1.82, 2.24) is 9.88 Å². The average molecular weight is 439 g/mol. The van der Waals surface area contributed by atoms with Gasteiger partial charge in [0.15, 0.2) is 11.5 Å². The van der Waals surface area contributed by atoms with Gasteiger partial charge in [-0.15, -0.1) is 0 Å². The number of rotatable bonds is 5. The normalized spacial score (nSPS) is 16.7. The zero-order chi connectivity index (χ0) is 19.7. The van der Waals surface area contributed by atoms with Gasteiger partial charge in [-0.3, -0.25) is 14.6 Å². The second kappa shape index (κ2) is 7.44. The van der Waals surface area contributed by atoms with E-state index in [1.807, 2.05) is 30.3 Å². The molecule has 0 aliphatic carbocycles. The summed E-state index contributed by atoms with van der Waals surface area (Å²) in [6.07, 6.45) is 4.67. The van der Waals surface area contributed by atoms with Crippen molar-refractivity contribution in [2.24, 2.45) is 0 Å². The van der Waals surface area contributed by atoms with Gasteiger partial charge < -0.3 is 14.4 Å². The summed E-state index contributed by atoms with van der Waals surface area (Å²) in [5, 5.41) is 10.6. The van der Waals surface area contributed by atoms with Crippen LogP contribution in [-0.4, -0.2) is 26.7 Å². The Balaban J connectivity index is 1.79. The lowest BCUT2D eigenvalue weighted by atomic mass is 9.95. The zero-order valence-corrected chi connectivity index (χ0v) is 16.2. The third kappa shape index (κ3) is 3.25. The first-order valence-corrected chi connectivity index (χ1v) is 9.32. The highest BCUT2D eigenvalue weighted by Crippen LogP contribution is 2.40. The molecule has 3 heterocycles. The molecule has 0 radical (unpaired) electrons. The largest absolute Gasteiger partial charge is 0.503 e. The minimum Gasteiger partial charge on any atom is -0.503 e. The molecule has 28 heavy (non-hydrogen) atoms. The highest BCUT2D eigenvalue weighted by Gasteiger charge is 2.44. The van der Waals surface area contributed by atoms with Crippen molar-refractivity contribution in [3.05, 3.63) is 99.9 Å². The highest BCUT2D eigenvalue weighted by molar-refractivity contribution is 9.10. The number of hydrogen-bond donors (Lipinski definition) is 1. The van der Waals surface area contributed by atoms with Crippen LogP contribution in [0.5, 0.6) is 0 Å². The van der Waals surface area contributed by atoms with Gasteiger partial charge in [0.05, 0.1) is 17.9 Å². The average Bonchev–Trinajstić information content (AvgIpc) is 3.33. The molecule has 0 saturated carbocycles. The van der Waals surface area contributed by atoms with Gasteiger partial charge in [-0.05, 0) is 41.5 Å². The van der Waals surface area contributed by atoms with Crippen LogP contribution in [0.4, 0.5) is 0 Å². The number of amides is 1. The fourth-order valence-corrected chi connectivity index (χ4v) is 3.53. The number of halogens is 1. The Morgan fingerprint density at radius 2 is 1.96 bits per heavy atom. The molecule has 1 atom stereocenters. The van der Waals surface area contributed by atoms with Gasteiger partial charge in [0.25, 0.3) is 5.91 Å². The maximum Gasteiger partial charge on any atom is 0.290 e. The molecule has 0 saturated heterocycles. The number of carbonyl (C=O) groups excluding carboxylic acids is 2. The predicted molar refractivity (Wildman–Crippen MR) is 104 cm³/mol. The summed E-state index contributed by atoms with van der Waals surface area (Å²) < 4.78 is 6.07. The number of ketones is 1. The summed E-state index contributed by atoms with van der Waals surface area (Å²) in [5.74, 6) is -1.61. The molecular formula is C21H15BrN2O4. The Kier molecular flexibility index (Phi) is 4.83. The molecule has 140 valence electrons. The van der Waals surface area contributed by atoms with E-state index in [4.69, 9.17) is 4.42 Å². The minimum atomic E-state index is -0.738. The SMILES string of the molecule is O=C(C1=C(O)C(=O)N(Cc2cccnc2)C1c1ccc(Br)cc1)c1ccco1. The summed E-state index contributed by atoms with van der Waals surface area (Å²) in [7, 11) is 0. The standard InChI is InChI=1S/C21H15BrN2O4/c22-15-7-5-14(6-8-15)18-17(19(25)16-4-2-10-28-16)20(26)21(27)24(18)12-13-3-1-9-23-11-13/h1-11,18,26H,12H2. The van der Waals surface area contributed by atoms with Crippen LogP contribution >= 0.6 is 15.9 Å². The van der Waals surface area contributed by atoms with Crippen molar-refractivity contribution in [2.45, 2.75) is 12.6 Å². The number of aromatic nitrogens is 1. The van der Waals surface area contributed by atoms with Crippen LogP contribution in [0, 0.1) is 0 Å². The summed E-state index contributed by atoms with van der Waals surface area (Å²) in [4.78, 5) is 31.4. The Morgan fingerprint density at radius 1 is 1.18 bits per heavy atom. The van der Waals surface area contributed by atoms with E-state index in [1.54, 1.807) is 24.5 Å². The lowest BCUT2D eigenvalue weighted by Gasteiger charge is -2.26. The highest BCUT2D eigenvalue weighted by atomic mass is 79.9. The number of carbonyl (C=O) groups is 2. The van der Waals surface area contributed by atoms with Crippen LogP contribution in [0.25, 0.3) is 0 Å². The zero-order valence-electron chi connectivity index (χ0n) is 14.6. The summed E-state index contributed by atoms with van der Waals surface area (Å²) in [6.45, 7) is 0.201. The number of nitrogens with zero attached hydrogens (tertiary/aromatic N) is 2. The van der Waals surface area contributed by atoms with Crippen molar-refractivity contribution in [3.8, 4) is 0 Å². The lowest BCUT2D eigenvalue weighted by molar-refractivity contribution is -0.130. The van der Waals surface area contributed by atoms with Gasteiger partial charge in [-0.25, -0.2) is 0 Å². The first kappa shape index (κ1) is 18.2. The Labute approximate surface area is 169 Å². The quantitative estimate of drug-likeness (QED) is 0.602. The van der Waals surface area contributed by atoms with Gasteiger partial charge >= 0.3 is 0 Å². The number of benzene rings is 1. The monoisotopic (exact) mass is 438 g/mol. The smallest absolute Gasteiger partial charge is 0.290 e. The van der Waals surface area contributed by atoms with E-state index in [0.29, 0.717) is 5.56 Å². The number of aliphatic hydroxyl groups is 1. The molecular weight excluding hydrogens is 424 g/mol. The summed E-state index contributed by atoms with van der Waals surface area (Å²) >= 11 is 3.39. The minimum absolute atomic E-state index is 0.00571. The predicted octanol–water partition coefficient (Wildman–Crippen LogP) is 4.22. The fraction of sp³-hybridized carbons (Fsp3) is 0.0952. The third-order valence-corrected chi connectivity index (χ3v) is 5.08. The molecule has 1 aliphatic rings. The van der Waals surface area contributed by atoms with E-state index in [0.717, 1.165) is 10.0 Å². The molecule has 4 rings (SSSR count). The molecule has 1 unspecified atom stereocenters. The molecule has 1 amide bonds. The first-order valence-electron chi connectivity index (χ1n) is 8.53. The van der Waals surface area contributed by atoms with Gasteiger partial charge in [0.2, 0.25) is 5.78 Å². The van der Waals surface area contributed by atoms with Gasteiger partial charge in [0, 0.05) is 23.4 Å². The molecule has 0 fully saturated rings. The molecule has 1 aliphatic heterocycles. The molecule has 1 N–H and O–H groups in total.